The first-order valence-electron chi connectivity index (χ1n) is 7.70. The molecule has 0 bridgehead atoms. The zero-order chi connectivity index (χ0) is 18.0. The summed E-state index contributed by atoms with van der Waals surface area (Å²) in [6.45, 7) is 0. The van der Waals surface area contributed by atoms with Crippen molar-refractivity contribution < 1.29 is 17.7 Å². The highest BCUT2D eigenvalue weighted by Gasteiger charge is 2.31. The van der Waals surface area contributed by atoms with Crippen LogP contribution in [0.25, 0.3) is 22.3 Å². The fourth-order valence-corrected chi connectivity index (χ4v) is 3.60. The number of halogens is 3. The molecule has 3 rings (SSSR count). The lowest BCUT2D eigenvalue weighted by atomic mass is 10.00. The normalized spacial score (nSPS) is 11.6. The lowest BCUT2D eigenvalue weighted by Crippen LogP contribution is -2.27. The molecule has 0 unspecified atom stereocenters. The number of pyridine rings is 1. The Morgan fingerprint density at radius 3 is 2.04 bits per heavy atom. The molecule has 0 N–H and O–H groups in total. The van der Waals surface area contributed by atoms with E-state index in [-0.39, 0.29) is 0 Å². The number of aromatic nitrogens is 1. The Hall–Kier alpha value is -2.27. The first-order valence-corrected chi connectivity index (χ1v) is 8.93. The summed E-state index contributed by atoms with van der Waals surface area (Å²) in [6, 6.07) is 15.4. The van der Waals surface area contributed by atoms with Crippen molar-refractivity contribution in [2.75, 3.05) is 6.26 Å². The van der Waals surface area contributed by atoms with Crippen LogP contribution in [0, 0.1) is 0 Å². The summed E-state index contributed by atoms with van der Waals surface area (Å²) < 4.78 is 41.1. The standard InChI is InChI=1S/C20H17F3NS/c1-24-12-17(14-7-4-3-5-8-14)19(25-2)18(13-24)15-9-6-10-16(11-15)20(21,22)23/h3-13H,1-2H3/q+1. The Labute approximate surface area is 149 Å². The topological polar surface area (TPSA) is 3.88 Å². The van der Waals surface area contributed by atoms with Gasteiger partial charge in [0, 0.05) is 4.90 Å². The fraction of sp³-hybridized carbons (Fsp3) is 0.150. The minimum atomic E-state index is -4.35. The zero-order valence-electron chi connectivity index (χ0n) is 13.8. The molecule has 3 aromatic rings. The molecule has 0 spiro atoms. The van der Waals surface area contributed by atoms with Crippen LogP contribution in [-0.2, 0) is 13.2 Å². The first-order chi connectivity index (χ1) is 11.9. The molecule has 25 heavy (non-hydrogen) atoms. The van der Waals surface area contributed by atoms with Crippen LogP contribution in [0.5, 0.6) is 0 Å². The van der Waals surface area contributed by atoms with Crippen LogP contribution in [0.4, 0.5) is 13.2 Å². The monoisotopic (exact) mass is 360 g/mol. The third kappa shape index (κ3) is 3.71. The van der Waals surface area contributed by atoms with Crippen LogP contribution in [0.15, 0.2) is 71.9 Å². The van der Waals surface area contributed by atoms with Gasteiger partial charge in [-0.25, -0.2) is 4.57 Å². The van der Waals surface area contributed by atoms with Gasteiger partial charge >= 0.3 is 6.18 Å². The van der Waals surface area contributed by atoms with Gasteiger partial charge in [-0.15, -0.1) is 11.8 Å². The molecular formula is C20H17F3NS+. The van der Waals surface area contributed by atoms with Crippen LogP contribution in [0.1, 0.15) is 5.56 Å². The third-order valence-electron chi connectivity index (χ3n) is 3.94. The highest BCUT2D eigenvalue weighted by molar-refractivity contribution is 7.98. The third-order valence-corrected chi connectivity index (χ3v) is 4.79. The number of benzene rings is 2. The van der Waals surface area contributed by atoms with Crippen molar-refractivity contribution in [1.82, 2.24) is 0 Å². The Bertz CT molecular complexity index is 889. The van der Waals surface area contributed by atoms with E-state index in [4.69, 9.17) is 0 Å². The molecule has 0 fully saturated rings. The van der Waals surface area contributed by atoms with E-state index in [1.165, 1.54) is 23.9 Å². The van der Waals surface area contributed by atoms with E-state index in [1.807, 2.05) is 60.6 Å². The largest absolute Gasteiger partial charge is 0.416 e. The van der Waals surface area contributed by atoms with Crippen molar-refractivity contribution in [2.24, 2.45) is 7.05 Å². The summed E-state index contributed by atoms with van der Waals surface area (Å²) in [7, 11) is 1.88. The molecule has 0 aliphatic carbocycles. The maximum atomic E-state index is 13.1. The molecule has 0 saturated carbocycles. The molecule has 0 amide bonds. The van der Waals surface area contributed by atoms with Crippen molar-refractivity contribution in [3.05, 3.63) is 72.6 Å². The van der Waals surface area contributed by atoms with Crippen LogP contribution >= 0.6 is 11.8 Å². The molecule has 2 aromatic carbocycles. The van der Waals surface area contributed by atoms with E-state index >= 15 is 0 Å². The quantitative estimate of drug-likeness (QED) is 0.435. The molecule has 0 aliphatic heterocycles. The Balaban J connectivity index is 2.22. The molecule has 1 nitrogen and oxygen atoms in total. The lowest BCUT2D eigenvalue weighted by Gasteiger charge is -2.13. The van der Waals surface area contributed by atoms with Gasteiger partial charge in [0.2, 0.25) is 0 Å². The van der Waals surface area contributed by atoms with Gasteiger partial charge in [0.25, 0.3) is 0 Å². The minimum Gasteiger partial charge on any atom is -0.207 e. The highest BCUT2D eigenvalue weighted by Crippen LogP contribution is 2.39. The molecule has 128 valence electrons. The van der Waals surface area contributed by atoms with Crippen LogP contribution in [0.3, 0.4) is 0 Å². The Morgan fingerprint density at radius 1 is 0.840 bits per heavy atom. The van der Waals surface area contributed by atoms with Gasteiger partial charge in [0.15, 0.2) is 12.4 Å². The van der Waals surface area contributed by atoms with E-state index in [9.17, 15) is 13.2 Å². The van der Waals surface area contributed by atoms with E-state index in [2.05, 4.69) is 0 Å². The molecule has 5 heteroatoms. The summed E-state index contributed by atoms with van der Waals surface area (Å²) in [5.41, 5.74) is 2.77. The van der Waals surface area contributed by atoms with Gasteiger partial charge < -0.3 is 0 Å². The average molecular weight is 360 g/mol. The predicted molar refractivity (Wildman–Crippen MR) is 95.3 cm³/mol. The number of aryl methyl sites for hydroxylation is 1. The van der Waals surface area contributed by atoms with Gasteiger partial charge in [0.05, 0.1) is 16.7 Å². The molecule has 0 atom stereocenters. The highest BCUT2D eigenvalue weighted by atomic mass is 32.2. The van der Waals surface area contributed by atoms with Gasteiger partial charge in [-0.2, -0.15) is 13.2 Å². The molecule has 1 heterocycles. The number of hydrogen-bond donors (Lipinski definition) is 0. The van der Waals surface area contributed by atoms with E-state index in [0.717, 1.165) is 27.7 Å². The second kappa shape index (κ2) is 6.92. The number of rotatable bonds is 3. The summed E-state index contributed by atoms with van der Waals surface area (Å²) in [4.78, 5) is 0.962. The van der Waals surface area contributed by atoms with Crippen molar-refractivity contribution in [3.8, 4) is 22.3 Å². The summed E-state index contributed by atoms with van der Waals surface area (Å²) in [5, 5.41) is 0. The smallest absolute Gasteiger partial charge is 0.207 e. The molecule has 1 aromatic heterocycles. The molecule has 0 radical (unpaired) electrons. The predicted octanol–water partition coefficient (Wildman–Crippen LogP) is 5.59. The maximum absolute atomic E-state index is 13.1. The van der Waals surface area contributed by atoms with E-state index in [1.54, 1.807) is 6.07 Å². The maximum Gasteiger partial charge on any atom is 0.416 e. The minimum absolute atomic E-state index is 0.563. The zero-order valence-corrected chi connectivity index (χ0v) is 14.7. The van der Waals surface area contributed by atoms with Gasteiger partial charge in [0.1, 0.15) is 7.05 Å². The second-order valence-corrected chi connectivity index (χ2v) is 6.55. The van der Waals surface area contributed by atoms with Crippen LogP contribution in [-0.4, -0.2) is 6.26 Å². The summed E-state index contributed by atoms with van der Waals surface area (Å²) in [5.74, 6) is 0. The van der Waals surface area contributed by atoms with Crippen molar-refractivity contribution in [3.63, 3.8) is 0 Å². The number of hydrogen-bond acceptors (Lipinski definition) is 1. The van der Waals surface area contributed by atoms with Gasteiger partial charge in [-0.3, -0.25) is 0 Å². The van der Waals surface area contributed by atoms with Crippen molar-refractivity contribution >= 4 is 11.8 Å². The second-order valence-electron chi connectivity index (χ2n) is 5.73. The number of nitrogens with zero attached hydrogens (tertiary/aromatic N) is 1. The van der Waals surface area contributed by atoms with E-state index in [0.29, 0.717) is 5.56 Å². The molecule has 0 aliphatic rings. The first kappa shape index (κ1) is 17.5. The van der Waals surface area contributed by atoms with Gasteiger partial charge in [-0.05, 0) is 29.5 Å². The number of alkyl halides is 3. The Kier molecular flexibility index (Phi) is 4.86. The Morgan fingerprint density at radius 2 is 1.44 bits per heavy atom. The van der Waals surface area contributed by atoms with E-state index < -0.39 is 11.7 Å². The van der Waals surface area contributed by atoms with Crippen LogP contribution in [0.2, 0.25) is 0 Å². The molecule has 0 saturated heterocycles. The van der Waals surface area contributed by atoms with Crippen LogP contribution < -0.4 is 4.57 Å². The fourth-order valence-electron chi connectivity index (χ4n) is 2.82. The van der Waals surface area contributed by atoms with Crippen molar-refractivity contribution in [2.45, 2.75) is 11.1 Å². The summed E-state index contributed by atoms with van der Waals surface area (Å²) in [6.07, 6.45) is 1.46. The summed E-state index contributed by atoms with van der Waals surface area (Å²) >= 11 is 1.54. The van der Waals surface area contributed by atoms with Crippen molar-refractivity contribution in [1.29, 1.82) is 0 Å². The lowest BCUT2D eigenvalue weighted by molar-refractivity contribution is -0.670. The number of thioether (sulfide) groups is 1. The molecular weight excluding hydrogens is 343 g/mol. The van der Waals surface area contributed by atoms with Gasteiger partial charge in [-0.1, -0.05) is 42.5 Å². The SMILES string of the molecule is CSc1c(-c2ccccc2)c[n+](C)cc1-c1cccc(C(F)(F)F)c1. The average Bonchev–Trinajstić information content (AvgIpc) is 2.61.